The lowest BCUT2D eigenvalue weighted by Crippen LogP contribution is -2.29. The van der Waals surface area contributed by atoms with Gasteiger partial charge in [-0.2, -0.15) is 0 Å². The lowest BCUT2D eigenvalue weighted by Gasteiger charge is -2.09. The Kier molecular flexibility index (Phi) is 5.92. The Bertz CT molecular complexity index is 846. The Morgan fingerprint density at radius 2 is 1.96 bits per heavy atom. The van der Waals surface area contributed by atoms with Crippen LogP contribution in [0, 0.1) is 6.92 Å². The molecule has 0 saturated heterocycles. The maximum absolute atomic E-state index is 11.9. The second-order valence-corrected chi connectivity index (χ2v) is 5.87. The Labute approximate surface area is 152 Å². The van der Waals surface area contributed by atoms with Gasteiger partial charge in [-0.15, -0.1) is 0 Å². The summed E-state index contributed by atoms with van der Waals surface area (Å²) in [6, 6.07) is 11.9. The highest BCUT2D eigenvalue weighted by Gasteiger charge is 2.04. The Morgan fingerprint density at radius 1 is 1.12 bits per heavy atom. The fourth-order valence-corrected chi connectivity index (χ4v) is 2.58. The minimum absolute atomic E-state index is 0.0491. The van der Waals surface area contributed by atoms with Crippen LogP contribution in [-0.4, -0.2) is 38.5 Å². The van der Waals surface area contributed by atoms with Gasteiger partial charge in [-0.25, -0.2) is 15.0 Å². The normalized spacial score (nSPS) is 10.5. The molecule has 0 saturated carbocycles. The van der Waals surface area contributed by atoms with Crippen molar-refractivity contribution in [2.24, 2.45) is 0 Å². The van der Waals surface area contributed by atoms with Crippen LogP contribution in [0.5, 0.6) is 0 Å². The molecule has 0 aliphatic carbocycles. The molecule has 26 heavy (non-hydrogen) atoms. The number of amides is 1. The number of imidazole rings is 1. The Balaban J connectivity index is 1.41. The molecule has 1 aromatic carbocycles. The van der Waals surface area contributed by atoms with Gasteiger partial charge in [0.2, 0.25) is 5.91 Å². The molecule has 0 atom stereocenters. The van der Waals surface area contributed by atoms with E-state index in [9.17, 15) is 4.79 Å². The number of aryl methyl sites for hydroxylation is 2. The van der Waals surface area contributed by atoms with E-state index in [0.29, 0.717) is 25.3 Å². The smallest absolute Gasteiger partial charge is 0.220 e. The number of anilines is 1. The van der Waals surface area contributed by atoms with Crippen LogP contribution in [0.15, 0.2) is 55.1 Å². The number of benzene rings is 1. The predicted molar refractivity (Wildman–Crippen MR) is 100 cm³/mol. The number of nitrogens with zero attached hydrogens (tertiary/aromatic N) is 4. The molecule has 3 rings (SSSR count). The van der Waals surface area contributed by atoms with E-state index in [1.54, 1.807) is 6.20 Å². The number of carbonyl (C=O) groups excluding carboxylic acids is 1. The third kappa shape index (κ3) is 4.89. The van der Waals surface area contributed by atoms with Crippen molar-refractivity contribution in [3.63, 3.8) is 0 Å². The molecule has 2 aromatic heterocycles. The number of hydrogen-bond acceptors (Lipinski definition) is 5. The van der Waals surface area contributed by atoms with Crippen molar-refractivity contribution in [2.45, 2.75) is 19.8 Å². The van der Waals surface area contributed by atoms with Crippen molar-refractivity contribution < 1.29 is 4.79 Å². The molecule has 0 radical (unpaired) electrons. The van der Waals surface area contributed by atoms with Crippen molar-refractivity contribution in [1.29, 1.82) is 0 Å². The van der Waals surface area contributed by atoms with E-state index < -0.39 is 0 Å². The first-order valence-electron chi connectivity index (χ1n) is 8.59. The van der Waals surface area contributed by atoms with Gasteiger partial charge in [0.25, 0.3) is 0 Å². The first kappa shape index (κ1) is 17.6. The van der Waals surface area contributed by atoms with Gasteiger partial charge in [-0.1, -0.05) is 30.3 Å². The maximum atomic E-state index is 11.9. The zero-order valence-corrected chi connectivity index (χ0v) is 14.7. The number of hydrogen-bond donors (Lipinski definition) is 2. The van der Waals surface area contributed by atoms with Crippen molar-refractivity contribution in [2.75, 3.05) is 18.4 Å². The van der Waals surface area contributed by atoms with Crippen LogP contribution in [0.3, 0.4) is 0 Å². The van der Waals surface area contributed by atoms with E-state index in [4.69, 9.17) is 0 Å². The number of carbonyl (C=O) groups is 1. The number of nitrogens with one attached hydrogen (secondary N) is 2. The monoisotopic (exact) mass is 350 g/mol. The second kappa shape index (κ2) is 8.75. The van der Waals surface area contributed by atoms with Crippen molar-refractivity contribution >= 4 is 11.7 Å². The van der Waals surface area contributed by atoms with Crippen molar-refractivity contribution in [3.8, 4) is 5.82 Å². The molecule has 0 aliphatic rings. The third-order valence-electron chi connectivity index (χ3n) is 3.96. The molecule has 134 valence electrons. The summed E-state index contributed by atoms with van der Waals surface area (Å²) in [4.78, 5) is 24.5. The fourth-order valence-electron chi connectivity index (χ4n) is 2.58. The van der Waals surface area contributed by atoms with Crippen LogP contribution in [-0.2, 0) is 11.2 Å². The van der Waals surface area contributed by atoms with Crippen LogP contribution in [0.25, 0.3) is 5.82 Å². The molecular formula is C19H22N6O. The maximum Gasteiger partial charge on any atom is 0.220 e. The molecule has 0 spiro atoms. The zero-order chi connectivity index (χ0) is 18.2. The standard InChI is InChI=1S/C19H22N6O/c1-15-20-11-12-25(15)18-13-17(23-14-24-18)21-9-10-22-19(26)8-7-16-5-3-2-4-6-16/h2-6,11-14H,7-10H2,1H3,(H,22,26)(H,21,23,24). The van der Waals surface area contributed by atoms with Crippen molar-refractivity contribution in [3.05, 3.63) is 66.5 Å². The average molecular weight is 350 g/mol. The summed E-state index contributed by atoms with van der Waals surface area (Å²) in [5.41, 5.74) is 1.17. The Hall–Kier alpha value is -3.22. The SMILES string of the molecule is Cc1nccn1-c1cc(NCCNC(=O)CCc2ccccc2)ncn1. The summed E-state index contributed by atoms with van der Waals surface area (Å²) in [5, 5.41) is 6.11. The van der Waals surface area contributed by atoms with Gasteiger partial charge >= 0.3 is 0 Å². The van der Waals surface area contributed by atoms with E-state index in [-0.39, 0.29) is 5.91 Å². The summed E-state index contributed by atoms with van der Waals surface area (Å²) in [5.74, 6) is 2.37. The van der Waals surface area contributed by atoms with Crippen LogP contribution in [0.2, 0.25) is 0 Å². The fraction of sp³-hybridized carbons (Fsp3) is 0.263. The molecule has 1 amide bonds. The summed E-state index contributed by atoms with van der Waals surface area (Å²) < 4.78 is 1.89. The number of aromatic nitrogens is 4. The van der Waals surface area contributed by atoms with Gasteiger partial charge in [0, 0.05) is 38.0 Å². The quantitative estimate of drug-likeness (QED) is 0.608. The second-order valence-electron chi connectivity index (χ2n) is 5.87. The highest BCUT2D eigenvalue weighted by atomic mass is 16.1. The number of rotatable bonds is 8. The molecule has 0 unspecified atom stereocenters. The van der Waals surface area contributed by atoms with E-state index in [0.717, 1.165) is 18.1 Å². The Morgan fingerprint density at radius 3 is 2.73 bits per heavy atom. The highest BCUT2D eigenvalue weighted by Crippen LogP contribution is 2.10. The molecule has 2 heterocycles. The van der Waals surface area contributed by atoms with Gasteiger partial charge < -0.3 is 10.6 Å². The molecule has 7 nitrogen and oxygen atoms in total. The summed E-state index contributed by atoms with van der Waals surface area (Å²) in [7, 11) is 0. The van der Waals surface area contributed by atoms with Gasteiger partial charge in [-0.3, -0.25) is 9.36 Å². The van der Waals surface area contributed by atoms with Crippen LogP contribution in [0.4, 0.5) is 5.82 Å². The first-order chi connectivity index (χ1) is 12.7. The summed E-state index contributed by atoms with van der Waals surface area (Å²) in [6.07, 6.45) is 6.33. The average Bonchev–Trinajstić information content (AvgIpc) is 3.11. The first-order valence-corrected chi connectivity index (χ1v) is 8.59. The predicted octanol–water partition coefficient (Wildman–Crippen LogP) is 2.13. The minimum Gasteiger partial charge on any atom is -0.368 e. The van der Waals surface area contributed by atoms with Gasteiger partial charge in [0.05, 0.1) is 0 Å². The molecule has 0 fully saturated rings. The third-order valence-corrected chi connectivity index (χ3v) is 3.96. The highest BCUT2D eigenvalue weighted by molar-refractivity contribution is 5.76. The molecule has 7 heteroatoms. The van der Waals surface area contributed by atoms with Crippen LogP contribution in [0.1, 0.15) is 17.8 Å². The van der Waals surface area contributed by atoms with E-state index >= 15 is 0 Å². The van der Waals surface area contributed by atoms with Crippen LogP contribution >= 0.6 is 0 Å². The van der Waals surface area contributed by atoms with Crippen molar-refractivity contribution in [1.82, 2.24) is 24.8 Å². The largest absolute Gasteiger partial charge is 0.368 e. The molecule has 0 aliphatic heterocycles. The van der Waals surface area contributed by atoms with Gasteiger partial charge in [-0.05, 0) is 18.9 Å². The topological polar surface area (TPSA) is 84.7 Å². The molecule has 3 aromatic rings. The lowest BCUT2D eigenvalue weighted by atomic mass is 10.1. The molecular weight excluding hydrogens is 328 g/mol. The van der Waals surface area contributed by atoms with E-state index in [2.05, 4.69) is 25.6 Å². The molecule has 0 bridgehead atoms. The zero-order valence-electron chi connectivity index (χ0n) is 14.7. The minimum atomic E-state index is 0.0491. The summed E-state index contributed by atoms with van der Waals surface area (Å²) >= 11 is 0. The summed E-state index contributed by atoms with van der Waals surface area (Å²) in [6.45, 7) is 3.05. The van der Waals surface area contributed by atoms with E-state index in [1.807, 2.05) is 54.1 Å². The van der Waals surface area contributed by atoms with Crippen LogP contribution < -0.4 is 10.6 Å². The molecule has 2 N–H and O–H groups in total. The lowest BCUT2D eigenvalue weighted by molar-refractivity contribution is -0.120. The van der Waals surface area contributed by atoms with E-state index in [1.165, 1.54) is 11.9 Å². The van der Waals surface area contributed by atoms with Gasteiger partial charge in [0.15, 0.2) is 0 Å². The van der Waals surface area contributed by atoms with Gasteiger partial charge in [0.1, 0.15) is 23.8 Å².